The molecule has 0 spiro atoms. The minimum absolute atomic E-state index is 0. The third kappa shape index (κ3) is 8.67. The summed E-state index contributed by atoms with van der Waals surface area (Å²) in [5, 5.41) is 18.3. The van der Waals surface area contributed by atoms with E-state index in [0.717, 1.165) is 0 Å². The maximum absolute atomic E-state index is 10.1. The van der Waals surface area contributed by atoms with Gasteiger partial charge in [0, 0.05) is 12.4 Å². The fourth-order valence-electron chi connectivity index (χ4n) is 0.677. The third-order valence-corrected chi connectivity index (χ3v) is 1.43. The quantitative estimate of drug-likeness (QED) is 0.468. The van der Waals surface area contributed by atoms with Crippen molar-refractivity contribution in [2.45, 2.75) is 26.2 Å². The van der Waals surface area contributed by atoms with Gasteiger partial charge in [-0.2, -0.15) is 0 Å². The van der Waals surface area contributed by atoms with Crippen LogP contribution in [0.1, 0.15) is 26.2 Å². The second kappa shape index (κ2) is 8.19. The van der Waals surface area contributed by atoms with Crippen molar-refractivity contribution in [2.75, 3.05) is 0 Å². The minimum atomic E-state index is -1.12. The molecule has 0 aliphatic heterocycles. The Morgan fingerprint density at radius 2 is 2.00 bits per heavy atom. The Hall–Kier alpha value is 0.576. The summed E-state index contributed by atoms with van der Waals surface area (Å²) in [7, 11) is 0. The largest absolute Gasteiger partial charge is 1.00 e. The summed E-state index contributed by atoms with van der Waals surface area (Å²) in [5.41, 5.74) is 0. The number of carbonyl (C=O) groups excluding carboxylic acids is 1. The number of carboxylic acids is 2. The molecule has 0 saturated heterocycles. The zero-order valence-corrected chi connectivity index (χ0v) is 10.5. The van der Waals surface area contributed by atoms with E-state index in [4.69, 9.17) is 5.11 Å². The third-order valence-electron chi connectivity index (χ3n) is 1.43. The van der Waals surface area contributed by atoms with Gasteiger partial charge < -0.3 is 15.0 Å². The predicted octanol–water partition coefficient (Wildman–Crippen LogP) is -3.37. The van der Waals surface area contributed by atoms with E-state index in [1.165, 1.54) is 6.92 Å². The maximum Gasteiger partial charge on any atom is 1.00 e. The first-order valence-electron chi connectivity index (χ1n) is 3.46. The number of carbonyl (C=O) groups is 2. The molecule has 0 amide bonds. The van der Waals surface area contributed by atoms with E-state index in [1.807, 2.05) is 0 Å². The summed E-state index contributed by atoms with van der Waals surface area (Å²) in [5.74, 6) is -2.56. The van der Waals surface area contributed by atoms with Crippen LogP contribution in [0.2, 0.25) is 0 Å². The van der Waals surface area contributed by atoms with Gasteiger partial charge in [0.2, 0.25) is 0 Å². The molecule has 64 valence electrons. The number of hydrogen-bond donors (Lipinski definition) is 1. The first-order valence-corrected chi connectivity index (χ1v) is 3.46. The van der Waals surface area contributed by atoms with Crippen molar-refractivity contribution in [2.24, 2.45) is 5.92 Å². The molecule has 0 aromatic carbocycles. The van der Waals surface area contributed by atoms with Gasteiger partial charge in [0.05, 0.1) is 0 Å². The molecule has 1 unspecified atom stereocenters. The zero-order valence-electron chi connectivity index (χ0n) is 7.37. The number of aliphatic carboxylic acids is 2. The molecule has 1 N–H and O–H groups in total. The molecule has 0 radical (unpaired) electrons. The Morgan fingerprint density at radius 1 is 1.50 bits per heavy atom. The summed E-state index contributed by atoms with van der Waals surface area (Å²) >= 11 is 0. The van der Waals surface area contributed by atoms with Crippen molar-refractivity contribution in [3.8, 4) is 0 Å². The van der Waals surface area contributed by atoms with E-state index in [2.05, 4.69) is 0 Å². The first kappa shape index (κ1) is 15.1. The van der Waals surface area contributed by atoms with Gasteiger partial charge in [0.15, 0.2) is 0 Å². The van der Waals surface area contributed by atoms with Crippen molar-refractivity contribution in [1.29, 1.82) is 0 Å². The van der Waals surface area contributed by atoms with Gasteiger partial charge in [-0.15, -0.1) is 0 Å². The van der Waals surface area contributed by atoms with Crippen LogP contribution in [0.5, 0.6) is 0 Å². The molecule has 5 heteroatoms. The summed E-state index contributed by atoms with van der Waals surface area (Å²) in [4.78, 5) is 20.1. The zero-order chi connectivity index (χ0) is 8.85. The topological polar surface area (TPSA) is 77.4 Å². The smallest absolute Gasteiger partial charge is 0.550 e. The van der Waals surface area contributed by atoms with Gasteiger partial charge >= 0.3 is 57.4 Å². The van der Waals surface area contributed by atoms with Gasteiger partial charge in [0.1, 0.15) is 0 Å². The molecule has 1 atom stereocenters. The van der Waals surface area contributed by atoms with Crippen molar-refractivity contribution < 1.29 is 71.2 Å². The van der Waals surface area contributed by atoms with E-state index in [-0.39, 0.29) is 57.8 Å². The SMILES string of the molecule is CC(CCCC(=O)O)C(=O)[O-].[K+]. The molecule has 0 heterocycles. The fourth-order valence-corrected chi connectivity index (χ4v) is 0.677. The number of rotatable bonds is 5. The monoisotopic (exact) mass is 198 g/mol. The molecule has 0 aromatic rings. The molecular weight excluding hydrogens is 187 g/mol. The van der Waals surface area contributed by atoms with E-state index in [9.17, 15) is 14.7 Å². The first-order chi connectivity index (χ1) is 5.04. The molecule has 0 rings (SSSR count). The fraction of sp³-hybridized carbons (Fsp3) is 0.714. The molecule has 0 aliphatic carbocycles. The summed E-state index contributed by atoms with van der Waals surface area (Å²) in [6.07, 6.45) is 0.788. The van der Waals surface area contributed by atoms with Crippen molar-refractivity contribution in [3.05, 3.63) is 0 Å². The van der Waals surface area contributed by atoms with E-state index in [0.29, 0.717) is 12.8 Å². The predicted molar refractivity (Wildman–Crippen MR) is 35.7 cm³/mol. The molecular formula is C7H11KO4. The number of carboxylic acid groups (broad SMARTS) is 2. The van der Waals surface area contributed by atoms with E-state index >= 15 is 0 Å². The van der Waals surface area contributed by atoms with Gasteiger partial charge in [-0.3, -0.25) is 4.79 Å². The van der Waals surface area contributed by atoms with Crippen LogP contribution < -0.4 is 56.5 Å². The van der Waals surface area contributed by atoms with Crippen LogP contribution in [0.15, 0.2) is 0 Å². The molecule has 0 aliphatic rings. The summed E-state index contributed by atoms with van der Waals surface area (Å²) in [6, 6.07) is 0. The second-order valence-corrected chi connectivity index (χ2v) is 2.51. The molecule has 0 bridgehead atoms. The van der Waals surface area contributed by atoms with Crippen LogP contribution in [0.3, 0.4) is 0 Å². The average Bonchev–Trinajstić information content (AvgIpc) is 1.86. The van der Waals surface area contributed by atoms with E-state index < -0.39 is 17.9 Å². The van der Waals surface area contributed by atoms with Crippen LogP contribution in [0.4, 0.5) is 0 Å². The normalized spacial score (nSPS) is 11.4. The van der Waals surface area contributed by atoms with Gasteiger partial charge in [-0.1, -0.05) is 6.92 Å². The standard InChI is InChI=1S/C7H12O4.K/c1-5(7(10)11)3-2-4-6(8)9;/h5H,2-4H2,1H3,(H,8,9)(H,10,11);/q;+1/p-1. The van der Waals surface area contributed by atoms with Gasteiger partial charge in [0.25, 0.3) is 0 Å². The van der Waals surface area contributed by atoms with Crippen LogP contribution in [0.25, 0.3) is 0 Å². The van der Waals surface area contributed by atoms with Crippen LogP contribution in [0, 0.1) is 5.92 Å². The number of hydrogen-bond acceptors (Lipinski definition) is 3. The molecule has 4 nitrogen and oxygen atoms in total. The molecule has 0 saturated carbocycles. The van der Waals surface area contributed by atoms with Crippen LogP contribution in [-0.4, -0.2) is 17.0 Å². The molecule has 12 heavy (non-hydrogen) atoms. The Bertz CT molecular complexity index is 157. The van der Waals surface area contributed by atoms with Crippen molar-refractivity contribution in [3.63, 3.8) is 0 Å². The van der Waals surface area contributed by atoms with Crippen LogP contribution >= 0.6 is 0 Å². The van der Waals surface area contributed by atoms with E-state index in [1.54, 1.807) is 0 Å². The Morgan fingerprint density at radius 3 is 2.33 bits per heavy atom. The van der Waals surface area contributed by atoms with Gasteiger partial charge in [-0.05, 0) is 18.8 Å². The van der Waals surface area contributed by atoms with Crippen molar-refractivity contribution >= 4 is 11.9 Å². The van der Waals surface area contributed by atoms with Crippen LogP contribution in [-0.2, 0) is 9.59 Å². The minimum Gasteiger partial charge on any atom is -0.550 e. The summed E-state index contributed by atoms with van der Waals surface area (Å²) < 4.78 is 0. The molecule has 0 fully saturated rings. The Labute approximate surface area is 114 Å². The Balaban J connectivity index is 0. The molecule has 0 aromatic heterocycles. The second-order valence-electron chi connectivity index (χ2n) is 2.51. The average molecular weight is 198 g/mol. The van der Waals surface area contributed by atoms with Gasteiger partial charge in [-0.25, -0.2) is 0 Å². The van der Waals surface area contributed by atoms with Crippen molar-refractivity contribution in [1.82, 2.24) is 0 Å². The summed E-state index contributed by atoms with van der Waals surface area (Å²) in [6.45, 7) is 1.51. The Kier molecular flexibility index (Phi) is 10.3. The maximum atomic E-state index is 10.1.